The van der Waals surface area contributed by atoms with Crippen LogP contribution in [0.25, 0.3) is 129 Å². The molecule has 0 fully saturated rings. The molecule has 0 aliphatic carbocycles. The highest BCUT2D eigenvalue weighted by atomic mass is 32.1. The van der Waals surface area contributed by atoms with E-state index in [9.17, 15) is 0 Å². The predicted octanol–water partition coefficient (Wildman–Crippen LogP) is 14.8. The van der Waals surface area contributed by atoms with Gasteiger partial charge in [0.25, 0.3) is 0 Å². The standard InChI is InChI=1S/C53H29N3S/c1-3-12-45-43(11-1)49-44(25-24-42-38-10-2-4-13-46(38)57-53(42)49)50(56-45)34-8-5-7-33(29-34)35-19-14-30-17-22-40-36(20-15-31-16-21-39(35)47(30)48(31)40)37-26-28-55-52-41(37)23-18-32-9-6-27-54-51(32)52/h1-29H. The first kappa shape index (κ1) is 31.0. The van der Waals surface area contributed by atoms with Crippen LogP contribution >= 0.6 is 11.3 Å². The van der Waals surface area contributed by atoms with Gasteiger partial charge in [-0.25, -0.2) is 4.98 Å². The molecule has 13 rings (SSSR count). The molecule has 0 amide bonds. The van der Waals surface area contributed by atoms with Crippen LogP contribution < -0.4 is 0 Å². The molecular weight excluding hydrogens is 711 g/mol. The summed E-state index contributed by atoms with van der Waals surface area (Å²) in [5, 5.41) is 16.0. The molecule has 4 heteroatoms. The van der Waals surface area contributed by atoms with Gasteiger partial charge in [-0.15, -0.1) is 11.3 Å². The normalized spacial score (nSPS) is 12.2. The molecule has 4 aromatic heterocycles. The van der Waals surface area contributed by atoms with E-state index in [-0.39, 0.29) is 0 Å². The van der Waals surface area contributed by atoms with Crippen LogP contribution in [-0.4, -0.2) is 15.0 Å². The summed E-state index contributed by atoms with van der Waals surface area (Å²) in [4.78, 5) is 14.9. The molecule has 0 saturated heterocycles. The van der Waals surface area contributed by atoms with Crippen molar-refractivity contribution in [3.63, 3.8) is 0 Å². The zero-order valence-corrected chi connectivity index (χ0v) is 31.3. The van der Waals surface area contributed by atoms with E-state index >= 15 is 0 Å². The van der Waals surface area contributed by atoms with Gasteiger partial charge < -0.3 is 0 Å². The summed E-state index contributed by atoms with van der Waals surface area (Å²) < 4.78 is 2.63. The molecule has 0 atom stereocenters. The van der Waals surface area contributed by atoms with Crippen LogP contribution in [0.1, 0.15) is 0 Å². The monoisotopic (exact) mass is 739 g/mol. The number of benzene rings is 9. The Kier molecular flexibility index (Phi) is 6.32. The Morgan fingerprint density at radius 3 is 1.93 bits per heavy atom. The van der Waals surface area contributed by atoms with Crippen molar-refractivity contribution in [1.29, 1.82) is 0 Å². The number of hydrogen-bond acceptors (Lipinski definition) is 4. The molecule has 4 heterocycles. The highest BCUT2D eigenvalue weighted by Gasteiger charge is 2.19. The molecule has 57 heavy (non-hydrogen) atoms. The van der Waals surface area contributed by atoms with Crippen LogP contribution in [0.2, 0.25) is 0 Å². The van der Waals surface area contributed by atoms with Crippen LogP contribution in [0.4, 0.5) is 0 Å². The highest BCUT2D eigenvalue weighted by Crippen LogP contribution is 2.46. The van der Waals surface area contributed by atoms with E-state index in [0.29, 0.717) is 0 Å². The number of pyridine rings is 3. The molecule has 0 aliphatic heterocycles. The molecule has 0 spiro atoms. The number of nitrogens with zero attached hydrogens (tertiary/aromatic N) is 3. The number of aromatic nitrogens is 3. The number of thiophene rings is 1. The Balaban J connectivity index is 1.02. The zero-order valence-electron chi connectivity index (χ0n) is 30.5. The topological polar surface area (TPSA) is 38.7 Å². The Bertz CT molecular complexity index is 3820. The third-order valence-corrected chi connectivity index (χ3v) is 13.3. The SMILES string of the molecule is c1cc(-c2nc3ccccc3c3c2ccc2c4ccccc4sc23)cc(-c2ccc3ccc4c(-c5ccnc6c5ccc5cccnc56)ccc5ccc2c3c54)c1. The first-order valence-corrected chi connectivity index (χ1v) is 20.2. The fourth-order valence-electron chi connectivity index (χ4n) is 9.55. The van der Waals surface area contributed by atoms with E-state index in [1.54, 1.807) is 0 Å². The van der Waals surface area contributed by atoms with Gasteiger partial charge in [0.2, 0.25) is 0 Å². The Labute approximate surface area is 330 Å². The number of fused-ring (bicyclic) bond motifs is 10. The lowest BCUT2D eigenvalue weighted by molar-refractivity contribution is 1.37. The summed E-state index contributed by atoms with van der Waals surface area (Å²) in [6, 6.07) is 59.8. The summed E-state index contributed by atoms with van der Waals surface area (Å²) in [6.07, 6.45) is 3.78. The smallest absolute Gasteiger partial charge is 0.0970 e. The molecule has 9 aromatic carbocycles. The van der Waals surface area contributed by atoms with Crippen LogP contribution in [0.5, 0.6) is 0 Å². The molecule has 0 bridgehead atoms. The second kappa shape index (κ2) is 11.6. The zero-order chi connectivity index (χ0) is 37.2. The largest absolute Gasteiger partial charge is 0.254 e. The summed E-state index contributed by atoms with van der Waals surface area (Å²) in [7, 11) is 0. The summed E-state index contributed by atoms with van der Waals surface area (Å²) in [5.74, 6) is 0. The summed E-state index contributed by atoms with van der Waals surface area (Å²) in [6.45, 7) is 0. The number of rotatable bonds is 3. The van der Waals surface area contributed by atoms with Gasteiger partial charge in [0.05, 0.1) is 22.2 Å². The molecule has 13 aromatic rings. The minimum Gasteiger partial charge on any atom is -0.254 e. The lowest BCUT2D eigenvalue weighted by atomic mass is 9.86. The molecule has 0 unspecified atom stereocenters. The van der Waals surface area contributed by atoms with Crippen LogP contribution in [0.3, 0.4) is 0 Å². The summed E-state index contributed by atoms with van der Waals surface area (Å²) in [5.41, 5.74) is 9.77. The van der Waals surface area contributed by atoms with Crippen molar-refractivity contribution in [2.24, 2.45) is 0 Å². The van der Waals surface area contributed by atoms with E-state index in [0.717, 1.165) is 38.6 Å². The highest BCUT2D eigenvalue weighted by molar-refractivity contribution is 7.26. The first-order chi connectivity index (χ1) is 28.3. The Morgan fingerprint density at radius 1 is 0.368 bits per heavy atom. The minimum absolute atomic E-state index is 0.931. The van der Waals surface area contributed by atoms with Crippen molar-refractivity contribution in [2.75, 3.05) is 0 Å². The lowest BCUT2D eigenvalue weighted by Gasteiger charge is -2.17. The third kappa shape index (κ3) is 4.39. The van der Waals surface area contributed by atoms with Crippen molar-refractivity contribution in [2.45, 2.75) is 0 Å². The van der Waals surface area contributed by atoms with Crippen molar-refractivity contribution >= 4 is 107 Å². The number of hydrogen-bond donors (Lipinski definition) is 0. The van der Waals surface area contributed by atoms with Gasteiger partial charge in [0.1, 0.15) is 0 Å². The van der Waals surface area contributed by atoms with Crippen LogP contribution in [0.15, 0.2) is 176 Å². The van der Waals surface area contributed by atoms with Crippen LogP contribution in [-0.2, 0) is 0 Å². The van der Waals surface area contributed by atoms with Crippen molar-refractivity contribution in [1.82, 2.24) is 15.0 Å². The maximum absolute atomic E-state index is 5.37. The van der Waals surface area contributed by atoms with E-state index in [2.05, 4.69) is 158 Å². The molecule has 262 valence electrons. The fraction of sp³-hybridized carbons (Fsp3) is 0. The third-order valence-electron chi connectivity index (χ3n) is 12.1. The molecule has 0 N–H and O–H groups in total. The van der Waals surface area contributed by atoms with Gasteiger partial charge in [-0.1, -0.05) is 133 Å². The van der Waals surface area contributed by atoms with Gasteiger partial charge in [0.15, 0.2) is 0 Å². The van der Waals surface area contributed by atoms with E-state index < -0.39 is 0 Å². The Morgan fingerprint density at radius 2 is 1.04 bits per heavy atom. The number of para-hydroxylation sites is 1. The van der Waals surface area contributed by atoms with Gasteiger partial charge >= 0.3 is 0 Å². The fourth-order valence-corrected chi connectivity index (χ4v) is 10.8. The van der Waals surface area contributed by atoms with Gasteiger partial charge in [-0.3, -0.25) is 9.97 Å². The average Bonchev–Trinajstić information content (AvgIpc) is 3.66. The van der Waals surface area contributed by atoms with E-state index in [1.807, 2.05) is 29.8 Å². The molecule has 3 nitrogen and oxygen atoms in total. The maximum Gasteiger partial charge on any atom is 0.0970 e. The Hall–Kier alpha value is -7.27. The van der Waals surface area contributed by atoms with Crippen molar-refractivity contribution < 1.29 is 0 Å². The second-order valence-corrected chi connectivity index (χ2v) is 16.1. The molecule has 0 radical (unpaired) electrons. The summed E-state index contributed by atoms with van der Waals surface area (Å²) >= 11 is 1.88. The van der Waals surface area contributed by atoms with E-state index in [4.69, 9.17) is 15.0 Å². The molecular formula is C53H29N3S. The minimum atomic E-state index is 0.931. The van der Waals surface area contributed by atoms with Crippen molar-refractivity contribution in [3.05, 3.63) is 176 Å². The van der Waals surface area contributed by atoms with E-state index in [1.165, 1.54) is 90.9 Å². The predicted molar refractivity (Wildman–Crippen MR) is 243 cm³/mol. The molecule has 0 saturated carbocycles. The quantitative estimate of drug-likeness (QED) is 0.169. The lowest BCUT2D eigenvalue weighted by Crippen LogP contribution is -1.92. The first-order valence-electron chi connectivity index (χ1n) is 19.3. The van der Waals surface area contributed by atoms with Gasteiger partial charge in [0, 0.05) is 65.1 Å². The average molecular weight is 740 g/mol. The second-order valence-electron chi connectivity index (χ2n) is 15.1. The molecule has 0 aliphatic rings. The van der Waals surface area contributed by atoms with Gasteiger partial charge in [-0.05, 0) is 84.9 Å². The van der Waals surface area contributed by atoms with Gasteiger partial charge in [-0.2, -0.15) is 0 Å². The maximum atomic E-state index is 5.37. The van der Waals surface area contributed by atoms with Crippen LogP contribution in [0, 0.1) is 0 Å². The van der Waals surface area contributed by atoms with Crippen molar-refractivity contribution in [3.8, 4) is 33.5 Å².